The molecular formula is C21H27ClN2O. The van der Waals surface area contributed by atoms with E-state index < -0.39 is 5.41 Å². The first kappa shape index (κ1) is 19.5. The summed E-state index contributed by atoms with van der Waals surface area (Å²) in [4.78, 5) is 16.5. The van der Waals surface area contributed by atoms with Gasteiger partial charge in [0, 0.05) is 26.1 Å². The highest BCUT2D eigenvalue weighted by molar-refractivity contribution is 5.92. The number of carbonyl (C=O) groups excluding carboxylic acids is 1. The Kier molecular flexibility index (Phi) is 5.91. The Bertz CT molecular complexity index is 730. The maximum absolute atomic E-state index is 13.4. The minimum atomic E-state index is -0.576. The maximum atomic E-state index is 13.4. The summed E-state index contributed by atoms with van der Waals surface area (Å²) >= 11 is 0. The van der Waals surface area contributed by atoms with Gasteiger partial charge in [-0.15, -0.1) is 0 Å². The maximum Gasteiger partial charge on any atom is 0.237 e. The predicted octanol–water partition coefficient (Wildman–Crippen LogP) is -0.956. The number of nitrogens with zero attached hydrogens (tertiary/aromatic N) is 1. The number of rotatable bonds is 3. The van der Waals surface area contributed by atoms with Gasteiger partial charge in [-0.1, -0.05) is 54.6 Å². The smallest absolute Gasteiger partial charge is 0.237 e. The van der Waals surface area contributed by atoms with Crippen molar-refractivity contribution in [1.29, 1.82) is 0 Å². The van der Waals surface area contributed by atoms with E-state index in [0.717, 1.165) is 18.4 Å². The number of hydrogen-bond acceptors (Lipinski definition) is 1. The number of nitrogens with one attached hydrogen (secondary N) is 1. The molecule has 2 atom stereocenters. The van der Waals surface area contributed by atoms with Crippen LogP contribution in [0.25, 0.3) is 0 Å². The van der Waals surface area contributed by atoms with Crippen LogP contribution in [0.2, 0.25) is 0 Å². The molecule has 3 nitrogen and oxygen atoms in total. The summed E-state index contributed by atoms with van der Waals surface area (Å²) in [5.74, 6) is 0.174. The number of benzene rings is 2. The zero-order valence-electron chi connectivity index (χ0n) is 15.4. The van der Waals surface area contributed by atoms with E-state index in [9.17, 15) is 4.79 Å². The molecular weight excluding hydrogens is 332 g/mol. The van der Waals surface area contributed by atoms with Gasteiger partial charge in [0.15, 0.2) is 0 Å². The quantitative estimate of drug-likeness (QED) is 0.751. The van der Waals surface area contributed by atoms with Gasteiger partial charge in [-0.05, 0) is 17.5 Å². The molecule has 3 rings (SSSR count). The van der Waals surface area contributed by atoms with E-state index in [4.69, 9.17) is 0 Å². The van der Waals surface area contributed by atoms with Crippen molar-refractivity contribution in [3.05, 3.63) is 71.3 Å². The Morgan fingerprint density at radius 3 is 2.24 bits per heavy atom. The second-order valence-corrected chi connectivity index (χ2v) is 7.23. The fourth-order valence-corrected chi connectivity index (χ4v) is 4.19. The largest absolute Gasteiger partial charge is 1.00 e. The van der Waals surface area contributed by atoms with Crippen LogP contribution in [0.1, 0.15) is 35.6 Å². The molecule has 0 spiro atoms. The van der Waals surface area contributed by atoms with Crippen LogP contribution in [0.3, 0.4) is 0 Å². The standard InChI is InChI=1S/C21H26N2O.ClH/c1-22(2)19-14-15-21(20(24)23(3)4,16-10-6-5-7-11-16)18-13-9-8-12-17(18)19;/h5-13,19H,14-15H2,1-4H3;1H. The second-order valence-electron chi connectivity index (χ2n) is 7.23. The molecule has 0 aromatic heterocycles. The lowest BCUT2D eigenvalue weighted by molar-refractivity contribution is -0.893. The van der Waals surface area contributed by atoms with Crippen LogP contribution in [0, 0.1) is 0 Å². The molecule has 25 heavy (non-hydrogen) atoms. The van der Waals surface area contributed by atoms with Crippen molar-refractivity contribution >= 4 is 5.91 Å². The van der Waals surface area contributed by atoms with Crippen LogP contribution in [-0.4, -0.2) is 39.0 Å². The number of likely N-dealkylation sites (N-methyl/N-ethyl adjacent to an activating group) is 1. The van der Waals surface area contributed by atoms with E-state index in [1.165, 1.54) is 16.0 Å². The number of halogens is 1. The van der Waals surface area contributed by atoms with E-state index in [1.807, 2.05) is 32.3 Å². The Balaban J connectivity index is 0.00000225. The van der Waals surface area contributed by atoms with Gasteiger partial charge in [-0.3, -0.25) is 4.79 Å². The minimum Gasteiger partial charge on any atom is -1.00 e. The number of amides is 1. The Morgan fingerprint density at radius 1 is 1.04 bits per heavy atom. The highest BCUT2D eigenvalue weighted by Crippen LogP contribution is 2.46. The molecule has 0 aliphatic heterocycles. The van der Waals surface area contributed by atoms with Crippen LogP contribution in [-0.2, 0) is 10.2 Å². The van der Waals surface area contributed by atoms with Crippen molar-refractivity contribution in [2.45, 2.75) is 24.3 Å². The fraction of sp³-hybridized carbons (Fsp3) is 0.381. The SMILES string of the molecule is CN(C)C(=O)C1(c2ccccc2)CCC([NH+](C)C)c2ccccc21.[Cl-]. The molecule has 0 heterocycles. The van der Waals surface area contributed by atoms with Gasteiger partial charge in [0.1, 0.15) is 6.04 Å². The minimum absolute atomic E-state index is 0. The van der Waals surface area contributed by atoms with Crippen molar-refractivity contribution < 1.29 is 22.1 Å². The summed E-state index contributed by atoms with van der Waals surface area (Å²) in [6.45, 7) is 0. The van der Waals surface area contributed by atoms with Gasteiger partial charge in [0.2, 0.25) is 5.91 Å². The number of fused-ring (bicyclic) bond motifs is 1. The Morgan fingerprint density at radius 2 is 1.64 bits per heavy atom. The molecule has 1 aliphatic carbocycles. The predicted molar refractivity (Wildman–Crippen MR) is 97.1 cm³/mol. The third-order valence-electron chi connectivity index (χ3n) is 5.34. The molecule has 1 aliphatic rings. The monoisotopic (exact) mass is 358 g/mol. The first-order valence-electron chi connectivity index (χ1n) is 8.65. The van der Waals surface area contributed by atoms with Crippen LogP contribution < -0.4 is 17.3 Å². The lowest BCUT2D eigenvalue weighted by atomic mass is 9.63. The average molecular weight is 359 g/mol. The average Bonchev–Trinajstić information content (AvgIpc) is 2.60. The van der Waals surface area contributed by atoms with Crippen molar-refractivity contribution in [2.75, 3.05) is 28.2 Å². The van der Waals surface area contributed by atoms with Gasteiger partial charge in [-0.2, -0.15) is 0 Å². The number of quaternary nitrogens is 1. The van der Waals surface area contributed by atoms with Crippen LogP contribution in [0.4, 0.5) is 0 Å². The van der Waals surface area contributed by atoms with E-state index in [-0.39, 0.29) is 18.3 Å². The summed E-state index contributed by atoms with van der Waals surface area (Å²) in [5, 5.41) is 0. The Hall–Kier alpha value is -1.84. The fourth-order valence-electron chi connectivity index (χ4n) is 4.19. The normalized spacial score (nSPS) is 22.0. The van der Waals surface area contributed by atoms with E-state index in [2.05, 4.69) is 50.5 Å². The topological polar surface area (TPSA) is 24.8 Å². The van der Waals surface area contributed by atoms with Crippen LogP contribution in [0.5, 0.6) is 0 Å². The van der Waals surface area contributed by atoms with Gasteiger partial charge < -0.3 is 22.2 Å². The lowest BCUT2D eigenvalue weighted by Crippen LogP contribution is -3.06. The summed E-state index contributed by atoms with van der Waals surface area (Å²) in [6, 6.07) is 19.2. The van der Waals surface area contributed by atoms with Gasteiger partial charge in [-0.25, -0.2) is 0 Å². The molecule has 2 aromatic rings. The van der Waals surface area contributed by atoms with Crippen molar-refractivity contribution in [3.8, 4) is 0 Å². The van der Waals surface area contributed by atoms with Crippen LogP contribution in [0.15, 0.2) is 54.6 Å². The molecule has 0 radical (unpaired) electrons. The van der Waals surface area contributed by atoms with Gasteiger partial charge in [0.05, 0.1) is 19.5 Å². The summed E-state index contributed by atoms with van der Waals surface area (Å²) in [5.41, 5.74) is 3.01. The van der Waals surface area contributed by atoms with Crippen molar-refractivity contribution in [2.24, 2.45) is 0 Å². The summed E-state index contributed by atoms with van der Waals surface area (Å²) in [7, 11) is 8.12. The third kappa shape index (κ3) is 3.19. The molecule has 134 valence electrons. The third-order valence-corrected chi connectivity index (χ3v) is 5.34. The first-order valence-corrected chi connectivity index (χ1v) is 8.65. The van der Waals surface area contributed by atoms with E-state index in [1.54, 1.807) is 4.90 Å². The molecule has 2 aromatic carbocycles. The molecule has 0 saturated heterocycles. The zero-order chi connectivity index (χ0) is 17.3. The molecule has 0 saturated carbocycles. The van der Waals surface area contributed by atoms with Gasteiger partial charge >= 0.3 is 0 Å². The number of carbonyl (C=O) groups is 1. The first-order chi connectivity index (χ1) is 11.5. The van der Waals surface area contributed by atoms with Crippen molar-refractivity contribution in [3.63, 3.8) is 0 Å². The molecule has 0 fully saturated rings. The molecule has 0 bridgehead atoms. The van der Waals surface area contributed by atoms with E-state index in [0.29, 0.717) is 6.04 Å². The Labute approximate surface area is 157 Å². The lowest BCUT2D eigenvalue weighted by Gasteiger charge is -2.42. The van der Waals surface area contributed by atoms with E-state index >= 15 is 0 Å². The second kappa shape index (κ2) is 7.59. The number of hydrogen-bond donors (Lipinski definition) is 1. The summed E-state index contributed by atoms with van der Waals surface area (Å²) in [6.07, 6.45) is 1.86. The molecule has 4 heteroatoms. The van der Waals surface area contributed by atoms with Crippen LogP contribution >= 0.6 is 0 Å². The highest BCUT2D eigenvalue weighted by atomic mass is 35.5. The molecule has 1 amide bonds. The highest BCUT2D eigenvalue weighted by Gasteiger charge is 2.48. The molecule has 1 N–H and O–H groups in total. The van der Waals surface area contributed by atoms with Crippen molar-refractivity contribution in [1.82, 2.24) is 4.90 Å². The molecule has 2 unspecified atom stereocenters. The zero-order valence-corrected chi connectivity index (χ0v) is 16.2. The van der Waals surface area contributed by atoms with Gasteiger partial charge in [0.25, 0.3) is 0 Å². The summed E-state index contributed by atoms with van der Waals surface area (Å²) < 4.78 is 0.